The number of nitro benzene ring substituents is 1. The molecule has 128 valence electrons. The van der Waals surface area contributed by atoms with Gasteiger partial charge in [-0.15, -0.1) is 0 Å². The summed E-state index contributed by atoms with van der Waals surface area (Å²) in [4.78, 5) is 23.4. The lowest BCUT2D eigenvalue weighted by atomic mass is 10.2. The Morgan fingerprint density at radius 2 is 2.09 bits per heavy atom. The molecule has 0 aliphatic rings. The molecule has 0 unspecified atom stereocenters. The van der Waals surface area contributed by atoms with Crippen LogP contribution in [0.4, 0.5) is 20.6 Å². The van der Waals surface area contributed by atoms with Gasteiger partial charge in [-0.2, -0.15) is 0 Å². The Labute approximate surface area is 134 Å². The van der Waals surface area contributed by atoms with E-state index in [1.807, 2.05) is 0 Å². The van der Waals surface area contributed by atoms with E-state index >= 15 is 0 Å². The fourth-order valence-electron chi connectivity index (χ4n) is 1.78. The number of nitrogens with zero attached hydrogens (tertiary/aromatic N) is 2. The van der Waals surface area contributed by atoms with Crippen LogP contribution in [-0.4, -0.2) is 41.7 Å². The molecule has 0 bridgehead atoms. The highest BCUT2D eigenvalue weighted by atomic mass is 19.1. The first-order chi connectivity index (χ1) is 10.6. The summed E-state index contributed by atoms with van der Waals surface area (Å²) < 4.78 is 18.2. The monoisotopic (exact) mass is 327 g/mol. The molecule has 0 aromatic heterocycles. The molecule has 23 heavy (non-hydrogen) atoms. The van der Waals surface area contributed by atoms with Crippen LogP contribution in [0.25, 0.3) is 0 Å². The first kappa shape index (κ1) is 18.7. The minimum absolute atomic E-state index is 0.247. The fourth-order valence-corrected chi connectivity index (χ4v) is 1.78. The van der Waals surface area contributed by atoms with Gasteiger partial charge in [-0.05, 0) is 39.3 Å². The van der Waals surface area contributed by atoms with Crippen LogP contribution in [0.2, 0.25) is 0 Å². The second kappa shape index (κ2) is 7.75. The molecule has 0 saturated carbocycles. The Morgan fingerprint density at radius 3 is 2.65 bits per heavy atom. The van der Waals surface area contributed by atoms with Crippen molar-refractivity contribution in [1.29, 1.82) is 0 Å². The van der Waals surface area contributed by atoms with E-state index < -0.39 is 22.4 Å². The van der Waals surface area contributed by atoms with E-state index in [0.717, 1.165) is 12.1 Å². The fraction of sp³-hybridized carbons (Fsp3) is 0.533. The highest BCUT2D eigenvalue weighted by molar-refractivity contribution is 5.67. The van der Waals surface area contributed by atoms with Gasteiger partial charge in [-0.25, -0.2) is 9.18 Å². The SMILES string of the molecule is CN(CCCNc1ccc(F)cc1[N+](=O)[O-])C(=O)OC(C)(C)C. The highest BCUT2D eigenvalue weighted by Gasteiger charge is 2.19. The number of amides is 1. The molecule has 1 aromatic carbocycles. The molecule has 1 amide bonds. The predicted molar refractivity (Wildman–Crippen MR) is 85.0 cm³/mol. The zero-order valence-electron chi connectivity index (χ0n) is 13.8. The minimum atomic E-state index is -0.660. The number of ether oxygens (including phenoxy) is 1. The summed E-state index contributed by atoms with van der Waals surface area (Å²) in [5.41, 5.74) is -0.625. The standard InChI is InChI=1S/C15H22FN3O4/c1-15(2,3)23-14(20)18(4)9-5-8-17-12-7-6-11(16)10-13(12)19(21)22/h6-7,10,17H,5,8-9H2,1-4H3. The van der Waals surface area contributed by atoms with Crippen molar-refractivity contribution in [3.05, 3.63) is 34.1 Å². The lowest BCUT2D eigenvalue weighted by molar-refractivity contribution is -0.384. The molecule has 1 aromatic rings. The molecule has 0 saturated heterocycles. The van der Waals surface area contributed by atoms with Gasteiger partial charge in [0.15, 0.2) is 0 Å². The van der Waals surface area contributed by atoms with Crippen LogP contribution in [0.15, 0.2) is 18.2 Å². The number of hydrogen-bond donors (Lipinski definition) is 1. The largest absolute Gasteiger partial charge is 0.444 e. The van der Waals surface area contributed by atoms with Crippen LogP contribution in [0.5, 0.6) is 0 Å². The van der Waals surface area contributed by atoms with Gasteiger partial charge in [0.1, 0.15) is 17.1 Å². The summed E-state index contributed by atoms with van der Waals surface area (Å²) in [6.07, 6.45) is 0.134. The van der Waals surface area contributed by atoms with Crippen molar-refractivity contribution in [2.45, 2.75) is 32.8 Å². The second-order valence-electron chi connectivity index (χ2n) is 6.10. The zero-order valence-corrected chi connectivity index (χ0v) is 13.8. The zero-order chi connectivity index (χ0) is 17.6. The molecule has 8 heteroatoms. The molecule has 1 N–H and O–H groups in total. The van der Waals surface area contributed by atoms with Crippen LogP contribution in [0.3, 0.4) is 0 Å². The number of nitro groups is 1. The Hall–Kier alpha value is -2.38. The van der Waals surface area contributed by atoms with Crippen molar-refractivity contribution in [3.63, 3.8) is 0 Å². The van der Waals surface area contributed by atoms with Crippen LogP contribution in [0.1, 0.15) is 27.2 Å². The average Bonchev–Trinajstić information content (AvgIpc) is 2.42. The van der Waals surface area contributed by atoms with Crippen LogP contribution < -0.4 is 5.32 Å². The van der Waals surface area contributed by atoms with Gasteiger partial charge in [0.25, 0.3) is 5.69 Å². The molecule has 7 nitrogen and oxygen atoms in total. The van der Waals surface area contributed by atoms with Gasteiger partial charge >= 0.3 is 6.09 Å². The molecule has 0 atom stereocenters. The predicted octanol–water partition coefficient (Wildman–Crippen LogP) is 3.40. The molecule has 0 aliphatic carbocycles. The number of anilines is 1. The van der Waals surface area contributed by atoms with E-state index in [9.17, 15) is 19.3 Å². The van der Waals surface area contributed by atoms with Crippen molar-refractivity contribution in [3.8, 4) is 0 Å². The summed E-state index contributed by atoms with van der Waals surface area (Å²) >= 11 is 0. The second-order valence-corrected chi connectivity index (χ2v) is 6.10. The van der Waals surface area contributed by atoms with Crippen molar-refractivity contribution in [1.82, 2.24) is 4.90 Å². The minimum Gasteiger partial charge on any atom is -0.444 e. The number of benzene rings is 1. The van der Waals surface area contributed by atoms with E-state index in [1.54, 1.807) is 27.8 Å². The molecule has 0 radical (unpaired) electrons. The lowest BCUT2D eigenvalue weighted by Crippen LogP contribution is -2.35. The Bertz CT molecular complexity index is 572. The Morgan fingerprint density at radius 1 is 1.43 bits per heavy atom. The van der Waals surface area contributed by atoms with Gasteiger partial charge in [-0.3, -0.25) is 10.1 Å². The Kier molecular flexibility index (Phi) is 6.29. The quantitative estimate of drug-likeness (QED) is 0.492. The molecular weight excluding hydrogens is 305 g/mol. The number of rotatable bonds is 6. The molecule has 0 heterocycles. The van der Waals surface area contributed by atoms with Gasteiger partial charge in [0, 0.05) is 20.1 Å². The van der Waals surface area contributed by atoms with Crippen molar-refractivity contribution in [2.24, 2.45) is 0 Å². The van der Waals surface area contributed by atoms with Crippen molar-refractivity contribution in [2.75, 3.05) is 25.5 Å². The maximum atomic E-state index is 13.0. The molecule has 0 aliphatic heterocycles. The molecular formula is C15H22FN3O4. The molecule has 0 fully saturated rings. The number of hydrogen-bond acceptors (Lipinski definition) is 5. The van der Waals surface area contributed by atoms with Crippen molar-refractivity contribution < 1.29 is 18.8 Å². The number of nitrogens with one attached hydrogen (secondary N) is 1. The number of carbonyl (C=O) groups excluding carboxylic acids is 1. The first-order valence-corrected chi connectivity index (χ1v) is 7.22. The smallest absolute Gasteiger partial charge is 0.410 e. The summed E-state index contributed by atoms with van der Waals surface area (Å²) in [6.45, 7) is 6.19. The van der Waals surface area contributed by atoms with E-state index in [2.05, 4.69) is 5.32 Å². The van der Waals surface area contributed by atoms with Gasteiger partial charge in [-0.1, -0.05) is 0 Å². The van der Waals surface area contributed by atoms with Crippen LogP contribution in [0, 0.1) is 15.9 Å². The number of carbonyl (C=O) groups is 1. The summed E-state index contributed by atoms with van der Waals surface area (Å²) in [6, 6.07) is 3.35. The third-order valence-electron chi connectivity index (χ3n) is 2.85. The molecule has 1 rings (SSSR count). The summed E-state index contributed by atoms with van der Waals surface area (Å²) in [5, 5.41) is 13.7. The lowest BCUT2D eigenvalue weighted by Gasteiger charge is -2.24. The van der Waals surface area contributed by atoms with Crippen molar-refractivity contribution >= 4 is 17.5 Å². The highest BCUT2D eigenvalue weighted by Crippen LogP contribution is 2.24. The van der Waals surface area contributed by atoms with E-state index in [-0.39, 0.29) is 11.4 Å². The summed E-state index contributed by atoms with van der Waals surface area (Å²) in [7, 11) is 1.62. The Balaban J connectivity index is 2.46. The van der Waals surface area contributed by atoms with Gasteiger partial charge < -0.3 is 15.0 Å². The van der Waals surface area contributed by atoms with Gasteiger partial charge in [0.2, 0.25) is 0 Å². The van der Waals surface area contributed by atoms with Gasteiger partial charge in [0.05, 0.1) is 11.0 Å². The maximum absolute atomic E-state index is 13.0. The maximum Gasteiger partial charge on any atom is 0.410 e. The topological polar surface area (TPSA) is 84.7 Å². The third-order valence-corrected chi connectivity index (χ3v) is 2.85. The van der Waals surface area contributed by atoms with Crippen LogP contribution >= 0.6 is 0 Å². The molecule has 0 spiro atoms. The normalized spacial score (nSPS) is 11.0. The first-order valence-electron chi connectivity index (χ1n) is 7.22. The van der Waals surface area contributed by atoms with E-state index in [4.69, 9.17) is 4.74 Å². The van der Waals surface area contributed by atoms with E-state index in [1.165, 1.54) is 11.0 Å². The summed E-state index contributed by atoms with van der Waals surface area (Å²) in [5.74, 6) is -0.660. The third kappa shape index (κ3) is 6.50. The van der Waals surface area contributed by atoms with E-state index in [0.29, 0.717) is 19.5 Å². The average molecular weight is 327 g/mol. The number of halogens is 1. The van der Waals surface area contributed by atoms with Crippen LogP contribution in [-0.2, 0) is 4.74 Å².